The standard InChI is InChI=1S/C28H32BrClFN5O4/c1-14-10-35-18(11-34(14)27(38)40-28(2,3)4)19(13-37)36-12-20(17-7-6-8-33(17)5)39-26-25(36)24(35)15-9-16(30)21(29)22(31)23(15)32-26/h9,14,17-18,20H,6-8,10-12H2,1-5H3/t14-,17+,18-,20-/m1/s1. The molecular formula is C28H32BrClFN5O4. The van der Waals surface area contributed by atoms with Gasteiger partial charge in [-0.05, 0) is 76.1 Å². The van der Waals surface area contributed by atoms with Crippen LogP contribution in [0.2, 0.25) is 5.02 Å². The fourth-order valence-electron chi connectivity index (χ4n) is 6.49. The maximum atomic E-state index is 15.7. The molecule has 12 heteroatoms. The number of fused-ring (bicyclic) bond motifs is 4. The number of nitrogens with zero attached hydrogens (tertiary/aromatic N) is 5. The molecule has 40 heavy (non-hydrogen) atoms. The van der Waals surface area contributed by atoms with Crippen molar-refractivity contribution in [1.82, 2.24) is 14.8 Å². The van der Waals surface area contributed by atoms with Crippen LogP contribution in [0.25, 0.3) is 10.9 Å². The first-order valence-electron chi connectivity index (χ1n) is 13.6. The average Bonchev–Trinajstić information content (AvgIpc) is 3.32. The molecule has 5 heterocycles. The molecule has 0 N–H and O–H groups in total. The van der Waals surface area contributed by atoms with E-state index in [2.05, 4.69) is 38.8 Å². The van der Waals surface area contributed by atoms with Gasteiger partial charge in [0, 0.05) is 24.0 Å². The molecule has 214 valence electrons. The van der Waals surface area contributed by atoms with Gasteiger partial charge in [-0.3, -0.25) is 4.90 Å². The zero-order chi connectivity index (χ0) is 28.7. The molecule has 1 aromatic heterocycles. The summed E-state index contributed by atoms with van der Waals surface area (Å²) in [5.41, 5.74) is 1.15. The Bertz CT molecular complexity index is 1460. The van der Waals surface area contributed by atoms with E-state index in [1.807, 2.05) is 37.5 Å². The summed E-state index contributed by atoms with van der Waals surface area (Å²) >= 11 is 9.71. The van der Waals surface area contributed by atoms with Gasteiger partial charge in [0.25, 0.3) is 0 Å². The predicted octanol–water partition coefficient (Wildman–Crippen LogP) is 4.99. The second kappa shape index (κ2) is 9.76. The van der Waals surface area contributed by atoms with Crippen LogP contribution >= 0.6 is 27.5 Å². The van der Waals surface area contributed by atoms with Gasteiger partial charge in [0.05, 0.1) is 34.3 Å². The maximum Gasteiger partial charge on any atom is 0.410 e. The summed E-state index contributed by atoms with van der Waals surface area (Å²) in [6.07, 6.45) is 1.25. The molecular weight excluding hydrogens is 605 g/mol. The SMILES string of the molecule is C[C@@H]1CN2c3c4c(nc5c(F)c(Br)c(Cl)cc35)O[C@@H]([C@@H]3CCCN3C)CN4C(=C=O)[C@H]2CN1C(=O)OC(C)(C)C. The number of rotatable bonds is 1. The molecule has 0 spiro atoms. The molecule has 1 amide bonds. The Hall–Kier alpha value is -2.59. The summed E-state index contributed by atoms with van der Waals surface area (Å²) in [5.74, 6) is 1.90. The molecule has 0 saturated carbocycles. The van der Waals surface area contributed by atoms with Crippen LogP contribution < -0.4 is 14.5 Å². The Balaban J connectivity index is 1.53. The molecule has 6 rings (SSSR count). The Morgan fingerprint density at radius 3 is 2.67 bits per heavy atom. The molecule has 2 saturated heterocycles. The predicted molar refractivity (Wildman–Crippen MR) is 155 cm³/mol. The summed E-state index contributed by atoms with van der Waals surface area (Å²) in [6, 6.07) is 1.02. The number of aromatic nitrogens is 1. The number of halogens is 3. The number of carbonyl (C=O) groups excluding carboxylic acids is 2. The van der Waals surface area contributed by atoms with Crippen molar-refractivity contribution in [1.29, 1.82) is 0 Å². The van der Waals surface area contributed by atoms with Crippen molar-refractivity contribution in [2.24, 2.45) is 0 Å². The number of pyridine rings is 1. The molecule has 4 aliphatic rings. The fraction of sp³-hybridized carbons (Fsp3) is 0.571. The number of amides is 1. The lowest BCUT2D eigenvalue weighted by molar-refractivity contribution is 0.0132. The fourth-order valence-corrected chi connectivity index (χ4v) is 6.98. The van der Waals surface area contributed by atoms with E-state index in [0.717, 1.165) is 19.4 Å². The van der Waals surface area contributed by atoms with E-state index in [1.165, 1.54) is 0 Å². The first-order valence-corrected chi connectivity index (χ1v) is 14.7. The largest absolute Gasteiger partial charge is 0.469 e. The van der Waals surface area contributed by atoms with E-state index >= 15 is 4.39 Å². The van der Waals surface area contributed by atoms with Crippen LogP contribution in [0.4, 0.5) is 20.6 Å². The summed E-state index contributed by atoms with van der Waals surface area (Å²) in [6.45, 7) is 9.34. The average molecular weight is 637 g/mol. The normalized spacial score (nSPS) is 26.4. The summed E-state index contributed by atoms with van der Waals surface area (Å²) < 4.78 is 28.0. The lowest BCUT2D eigenvalue weighted by Gasteiger charge is -2.53. The number of hydrogen-bond acceptors (Lipinski definition) is 8. The van der Waals surface area contributed by atoms with E-state index in [1.54, 1.807) is 11.0 Å². The lowest BCUT2D eigenvalue weighted by Crippen LogP contribution is -2.65. The third-order valence-electron chi connectivity index (χ3n) is 8.30. The van der Waals surface area contributed by atoms with E-state index in [-0.39, 0.29) is 45.6 Å². The van der Waals surface area contributed by atoms with Crippen molar-refractivity contribution < 1.29 is 23.5 Å². The van der Waals surface area contributed by atoms with Gasteiger partial charge in [0.2, 0.25) is 5.88 Å². The molecule has 0 radical (unpaired) electrons. The van der Waals surface area contributed by atoms with Gasteiger partial charge in [0.1, 0.15) is 34.5 Å². The van der Waals surface area contributed by atoms with Crippen molar-refractivity contribution in [3.05, 3.63) is 27.1 Å². The number of anilines is 2. The highest BCUT2D eigenvalue weighted by Crippen LogP contribution is 2.53. The van der Waals surface area contributed by atoms with Crippen LogP contribution in [0.1, 0.15) is 40.5 Å². The Labute approximate surface area is 245 Å². The summed E-state index contributed by atoms with van der Waals surface area (Å²) in [4.78, 5) is 38.5. The quantitative estimate of drug-likeness (QED) is 0.320. The zero-order valence-electron chi connectivity index (χ0n) is 23.1. The van der Waals surface area contributed by atoms with Crippen LogP contribution in [-0.2, 0) is 9.53 Å². The monoisotopic (exact) mass is 635 g/mol. The maximum absolute atomic E-state index is 15.7. The smallest absolute Gasteiger partial charge is 0.410 e. The lowest BCUT2D eigenvalue weighted by atomic mass is 9.94. The van der Waals surface area contributed by atoms with Gasteiger partial charge >= 0.3 is 6.09 Å². The molecule has 2 aromatic rings. The number of piperazine rings is 1. The molecule has 4 aliphatic heterocycles. The van der Waals surface area contributed by atoms with E-state index in [9.17, 15) is 9.59 Å². The second-order valence-electron chi connectivity index (χ2n) is 12.1. The van der Waals surface area contributed by atoms with Crippen molar-refractivity contribution in [2.75, 3.05) is 43.0 Å². The molecule has 0 aliphatic carbocycles. The molecule has 1 aromatic carbocycles. The van der Waals surface area contributed by atoms with E-state index in [4.69, 9.17) is 21.1 Å². The molecule has 9 nitrogen and oxygen atoms in total. The minimum absolute atomic E-state index is 0.117. The minimum atomic E-state index is -0.667. The Kier molecular flexibility index (Phi) is 6.72. The number of carbonyl (C=O) groups is 1. The summed E-state index contributed by atoms with van der Waals surface area (Å²) in [5, 5.41) is 0.729. The number of benzene rings is 1. The Morgan fingerprint density at radius 1 is 1.27 bits per heavy atom. The van der Waals surface area contributed by atoms with Gasteiger partial charge in [-0.15, -0.1) is 0 Å². The van der Waals surface area contributed by atoms with Gasteiger partial charge in [-0.2, -0.15) is 0 Å². The van der Waals surface area contributed by atoms with Gasteiger partial charge < -0.3 is 24.2 Å². The first-order chi connectivity index (χ1) is 18.9. The number of hydrogen-bond donors (Lipinski definition) is 0. The van der Waals surface area contributed by atoms with Crippen LogP contribution in [-0.4, -0.2) is 89.9 Å². The van der Waals surface area contributed by atoms with Crippen LogP contribution in [0.3, 0.4) is 0 Å². The van der Waals surface area contributed by atoms with Crippen molar-refractivity contribution >= 4 is 61.8 Å². The molecule has 2 fully saturated rings. The highest BCUT2D eigenvalue weighted by molar-refractivity contribution is 9.10. The van der Waals surface area contributed by atoms with Crippen molar-refractivity contribution in [2.45, 2.75) is 70.4 Å². The molecule has 0 unspecified atom stereocenters. The Morgan fingerprint density at radius 2 is 2.02 bits per heavy atom. The third-order valence-corrected chi connectivity index (χ3v) is 9.60. The van der Waals surface area contributed by atoms with Gasteiger partial charge in [-0.25, -0.2) is 19.0 Å². The number of ether oxygens (including phenoxy) is 2. The van der Waals surface area contributed by atoms with E-state index in [0.29, 0.717) is 35.5 Å². The van der Waals surface area contributed by atoms with Crippen LogP contribution in [0, 0.1) is 5.82 Å². The first kappa shape index (κ1) is 27.6. The second-order valence-corrected chi connectivity index (χ2v) is 13.3. The third kappa shape index (κ3) is 4.33. The van der Waals surface area contributed by atoms with Gasteiger partial charge in [-0.1, -0.05) is 11.6 Å². The van der Waals surface area contributed by atoms with Crippen LogP contribution in [0.15, 0.2) is 16.2 Å². The van der Waals surface area contributed by atoms with Crippen LogP contribution in [0.5, 0.6) is 5.88 Å². The highest BCUT2D eigenvalue weighted by atomic mass is 79.9. The number of likely N-dealkylation sites (tertiary alicyclic amines) is 1. The summed E-state index contributed by atoms with van der Waals surface area (Å²) in [7, 11) is 2.06. The topological polar surface area (TPSA) is 78.5 Å². The van der Waals surface area contributed by atoms with E-state index < -0.39 is 23.6 Å². The zero-order valence-corrected chi connectivity index (χ0v) is 25.5. The van der Waals surface area contributed by atoms with Crippen molar-refractivity contribution in [3.8, 4) is 5.88 Å². The van der Waals surface area contributed by atoms with Crippen molar-refractivity contribution in [3.63, 3.8) is 0 Å². The minimum Gasteiger partial charge on any atom is -0.469 e. The number of likely N-dealkylation sites (N-methyl/N-ethyl adjacent to an activating group) is 1. The highest BCUT2D eigenvalue weighted by Gasteiger charge is 2.50. The van der Waals surface area contributed by atoms with Gasteiger partial charge in [0.15, 0.2) is 5.82 Å². The molecule has 0 bridgehead atoms. The molecule has 4 atom stereocenters.